The Bertz CT molecular complexity index is 466. The number of benzene rings is 1. The molecule has 1 saturated heterocycles. The summed E-state index contributed by atoms with van der Waals surface area (Å²) in [7, 11) is 0. The van der Waals surface area contributed by atoms with E-state index in [1.165, 1.54) is 0 Å². The molecule has 0 amide bonds. The van der Waals surface area contributed by atoms with Crippen molar-refractivity contribution >= 4 is 5.69 Å². The minimum Gasteiger partial charge on any atom is -0.393 e. The van der Waals surface area contributed by atoms with Crippen LogP contribution in [-0.2, 0) is 0 Å². The van der Waals surface area contributed by atoms with Crippen LogP contribution in [0.4, 0.5) is 10.1 Å². The molecule has 20 heavy (non-hydrogen) atoms. The highest BCUT2D eigenvalue weighted by atomic mass is 19.1. The van der Waals surface area contributed by atoms with Gasteiger partial charge in [-0.2, -0.15) is 0 Å². The molecule has 0 saturated carbocycles. The predicted octanol–water partition coefficient (Wildman–Crippen LogP) is 2.75. The molecule has 1 fully saturated rings. The number of aliphatic hydroxyl groups excluding tert-OH is 1. The van der Waals surface area contributed by atoms with Crippen LogP contribution < -0.4 is 10.6 Å². The van der Waals surface area contributed by atoms with Gasteiger partial charge in [0.15, 0.2) is 0 Å². The number of aliphatic hydroxyl groups is 1. The van der Waals surface area contributed by atoms with Gasteiger partial charge in [-0.1, -0.05) is 0 Å². The highest BCUT2D eigenvalue weighted by molar-refractivity contribution is 5.57. The topological polar surface area (TPSA) is 49.5 Å². The van der Waals surface area contributed by atoms with Gasteiger partial charge in [0.25, 0.3) is 0 Å². The molecule has 0 spiro atoms. The Morgan fingerprint density at radius 1 is 1.30 bits per heavy atom. The van der Waals surface area contributed by atoms with Crippen molar-refractivity contribution in [3.05, 3.63) is 29.1 Å². The van der Waals surface area contributed by atoms with Gasteiger partial charge in [-0.25, -0.2) is 4.39 Å². The van der Waals surface area contributed by atoms with E-state index in [0.717, 1.165) is 37.2 Å². The molecule has 0 bridgehead atoms. The second-order valence-electron chi connectivity index (χ2n) is 6.01. The first kappa shape index (κ1) is 15.3. The Labute approximate surface area is 120 Å². The lowest BCUT2D eigenvalue weighted by atomic mass is 9.91. The molecule has 0 radical (unpaired) electrons. The molecule has 4 heteroatoms. The summed E-state index contributed by atoms with van der Waals surface area (Å²) in [5.74, 6) is 0.173. The van der Waals surface area contributed by atoms with E-state index in [2.05, 4.69) is 4.90 Å². The van der Waals surface area contributed by atoms with Crippen molar-refractivity contribution in [2.45, 2.75) is 45.8 Å². The van der Waals surface area contributed by atoms with Crippen molar-refractivity contribution in [1.82, 2.24) is 0 Å². The molecule has 2 atom stereocenters. The van der Waals surface area contributed by atoms with Crippen LogP contribution in [-0.4, -0.2) is 24.3 Å². The first-order chi connectivity index (χ1) is 9.40. The first-order valence-corrected chi connectivity index (χ1v) is 7.38. The maximum atomic E-state index is 13.7. The predicted molar refractivity (Wildman–Crippen MR) is 80.4 cm³/mol. The van der Waals surface area contributed by atoms with Crippen molar-refractivity contribution < 1.29 is 9.50 Å². The number of aryl methyl sites for hydroxylation is 1. The Morgan fingerprint density at radius 2 is 1.90 bits per heavy atom. The maximum absolute atomic E-state index is 13.7. The lowest BCUT2D eigenvalue weighted by molar-refractivity contribution is 0.110. The number of piperidine rings is 1. The third kappa shape index (κ3) is 3.13. The number of nitrogens with two attached hydrogens (primary N) is 1. The van der Waals surface area contributed by atoms with Gasteiger partial charge in [-0.05, 0) is 62.8 Å². The zero-order valence-corrected chi connectivity index (χ0v) is 12.6. The summed E-state index contributed by atoms with van der Waals surface area (Å²) in [6, 6.07) is 3.28. The zero-order chi connectivity index (χ0) is 14.9. The van der Waals surface area contributed by atoms with Gasteiger partial charge in [0.05, 0.1) is 6.10 Å². The van der Waals surface area contributed by atoms with E-state index in [0.29, 0.717) is 11.5 Å². The van der Waals surface area contributed by atoms with Crippen LogP contribution in [0, 0.1) is 18.7 Å². The fourth-order valence-corrected chi connectivity index (χ4v) is 2.94. The molecule has 1 aliphatic heterocycles. The van der Waals surface area contributed by atoms with Gasteiger partial charge in [0, 0.05) is 24.8 Å². The molecule has 112 valence electrons. The number of anilines is 1. The van der Waals surface area contributed by atoms with Crippen LogP contribution in [0.2, 0.25) is 0 Å². The monoisotopic (exact) mass is 280 g/mol. The van der Waals surface area contributed by atoms with E-state index in [-0.39, 0.29) is 18.0 Å². The van der Waals surface area contributed by atoms with Crippen molar-refractivity contribution in [2.24, 2.45) is 11.7 Å². The van der Waals surface area contributed by atoms with Gasteiger partial charge in [-0.15, -0.1) is 0 Å². The standard InChI is InChI=1S/C16H25FN2O/c1-10-8-16(14(11(2)18)9-15(10)17)19-6-4-13(5-7-19)12(3)20/h8-9,11-13,20H,4-7,18H2,1-3H3/t11-,12?/m0/s1. The molecule has 1 aliphatic rings. The SMILES string of the molecule is Cc1cc(N2CCC(C(C)O)CC2)c([C@H](C)N)cc1F. The average Bonchev–Trinajstić information content (AvgIpc) is 2.41. The Morgan fingerprint density at radius 3 is 2.40 bits per heavy atom. The lowest BCUT2D eigenvalue weighted by Crippen LogP contribution is -2.37. The largest absolute Gasteiger partial charge is 0.393 e. The minimum atomic E-state index is -0.250. The number of nitrogens with zero attached hydrogens (tertiary/aromatic N) is 1. The van der Waals surface area contributed by atoms with Crippen LogP contribution in [0.15, 0.2) is 12.1 Å². The van der Waals surface area contributed by atoms with Crippen molar-refractivity contribution in [1.29, 1.82) is 0 Å². The molecule has 3 N–H and O–H groups in total. The number of hydrogen-bond acceptors (Lipinski definition) is 3. The van der Waals surface area contributed by atoms with E-state index < -0.39 is 0 Å². The molecule has 1 unspecified atom stereocenters. The third-order valence-corrected chi connectivity index (χ3v) is 4.36. The van der Waals surface area contributed by atoms with Gasteiger partial charge < -0.3 is 15.7 Å². The van der Waals surface area contributed by atoms with Crippen LogP contribution in [0.5, 0.6) is 0 Å². The smallest absolute Gasteiger partial charge is 0.126 e. The number of hydrogen-bond donors (Lipinski definition) is 2. The van der Waals surface area contributed by atoms with Gasteiger partial charge >= 0.3 is 0 Å². The van der Waals surface area contributed by atoms with E-state index in [4.69, 9.17) is 5.73 Å². The van der Waals surface area contributed by atoms with Gasteiger partial charge in [0.1, 0.15) is 5.82 Å². The quantitative estimate of drug-likeness (QED) is 0.895. The third-order valence-electron chi connectivity index (χ3n) is 4.36. The minimum absolute atomic E-state index is 0.186. The van der Waals surface area contributed by atoms with E-state index in [1.54, 1.807) is 13.0 Å². The first-order valence-electron chi connectivity index (χ1n) is 7.38. The fourth-order valence-electron chi connectivity index (χ4n) is 2.94. The number of rotatable bonds is 3. The second-order valence-corrected chi connectivity index (χ2v) is 6.01. The molecule has 1 aromatic rings. The molecule has 0 aliphatic carbocycles. The molecule has 1 aromatic carbocycles. The van der Waals surface area contributed by atoms with Crippen LogP contribution in [0.3, 0.4) is 0 Å². The molecular weight excluding hydrogens is 255 g/mol. The molecule has 3 nitrogen and oxygen atoms in total. The summed E-state index contributed by atoms with van der Waals surface area (Å²) in [5, 5.41) is 9.67. The second kappa shape index (κ2) is 6.10. The maximum Gasteiger partial charge on any atom is 0.126 e. The van der Waals surface area contributed by atoms with Crippen LogP contribution in [0.25, 0.3) is 0 Å². The Hall–Kier alpha value is -1.13. The van der Waals surface area contributed by atoms with Gasteiger partial charge in [-0.3, -0.25) is 0 Å². The van der Waals surface area contributed by atoms with E-state index in [1.807, 2.05) is 19.9 Å². The molecular formula is C16H25FN2O. The van der Waals surface area contributed by atoms with Crippen molar-refractivity contribution in [2.75, 3.05) is 18.0 Å². The molecule has 2 rings (SSSR count). The molecule has 1 heterocycles. The van der Waals surface area contributed by atoms with Gasteiger partial charge in [0.2, 0.25) is 0 Å². The summed E-state index contributed by atoms with van der Waals surface area (Å²) in [6.45, 7) is 7.30. The fraction of sp³-hybridized carbons (Fsp3) is 0.625. The van der Waals surface area contributed by atoms with E-state index in [9.17, 15) is 9.50 Å². The van der Waals surface area contributed by atoms with E-state index >= 15 is 0 Å². The van der Waals surface area contributed by atoms with Crippen molar-refractivity contribution in [3.8, 4) is 0 Å². The summed E-state index contributed by atoms with van der Waals surface area (Å²) in [4.78, 5) is 2.27. The zero-order valence-electron chi connectivity index (χ0n) is 12.6. The molecule has 0 aromatic heterocycles. The summed E-state index contributed by atoms with van der Waals surface area (Å²) in [6.07, 6.45) is 1.68. The number of halogens is 1. The Kier molecular flexibility index (Phi) is 4.66. The Balaban J connectivity index is 2.23. The average molecular weight is 280 g/mol. The van der Waals surface area contributed by atoms with Crippen LogP contribution >= 0.6 is 0 Å². The summed E-state index contributed by atoms with van der Waals surface area (Å²) < 4.78 is 13.7. The highest BCUT2D eigenvalue weighted by Crippen LogP contribution is 2.32. The lowest BCUT2D eigenvalue weighted by Gasteiger charge is -2.36. The normalized spacial score (nSPS) is 20.0. The van der Waals surface area contributed by atoms with Crippen molar-refractivity contribution in [3.63, 3.8) is 0 Å². The highest BCUT2D eigenvalue weighted by Gasteiger charge is 2.25. The van der Waals surface area contributed by atoms with Crippen LogP contribution in [0.1, 0.15) is 43.9 Å². The summed E-state index contributed by atoms with van der Waals surface area (Å²) >= 11 is 0. The summed E-state index contributed by atoms with van der Waals surface area (Å²) in [5.41, 5.74) is 8.55.